The van der Waals surface area contributed by atoms with Crippen LogP contribution in [0.15, 0.2) is 18.2 Å². The van der Waals surface area contributed by atoms with Crippen molar-refractivity contribution in [2.45, 2.75) is 0 Å². The van der Waals surface area contributed by atoms with E-state index < -0.39 is 11.9 Å². The summed E-state index contributed by atoms with van der Waals surface area (Å²) in [4.78, 5) is 21.1. The van der Waals surface area contributed by atoms with Crippen molar-refractivity contribution < 1.29 is 36.9 Å². The summed E-state index contributed by atoms with van der Waals surface area (Å²) in [5.74, 6) is -2.59. The summed E-state index contributed by atoms with van der Waals surface area (Å²) in [5, 5.41) is 17.4. The fourth-order valence-electron chi connectivity index (χ4n) is 0.880. The molecule has 0 aliphatic rings. The second-order valence-electron chi connectivity index (χ2n) is 2.30. The molecule has 0 saturated heterocycles. The minimum atomic E-state index is -1.31. The van der Waals surface area contributed by atoms with E-state index in [-0.39, 0.29) is 33.2 Å². The molecule has 0 amide bonds. The van der Waals surface area contributed by atoms with E-state index in [1.54, 1.807) is 0 Å². The quantitative estimate of drug-likeness (QED) is 0.798. The van der Waals surface area contributed by atoms with Gasteiger partial charge in [0, 0.05) is 22.1 Å². The van der Waals surface area contributed by atoms with Crippen LogP contribution in [-0.4, -0.2) is 22.2 Å². The number of carbonyl (C=O) groups is 2. The molecule has 0 spiro atoms. The van der Waals surface area contributed by atoms with Crippen LogP contribution < -0.4 is 0 Å². The number of benzene rings is 1. The van der Waals surface area contributed by atoms with Gasteiger partial charge in [-0.05, 0) is 18.2 Å². The molecule has 0 fully saturated rings. The first-order chi connectivity index (χ1) is 6.02. The van der Waals surface area contributed by atoms with E-state index in [0.717, 1.165) is 12.1 Å². The molecule has 14 heavy (non-hydrogen) atoms. The predicted molar refractivity (Wildman–Crippen MR) is 45.4 cm³/mol. The van der Waals surface area contributed by atoms with E-state index in [0.29, 0.717) is 0 Å². The molecule has 0 atom stereocenters. The van der Waals surface area contributed by atoms with Crippen LogP contribution in [0.3, 0.4) is 0 Å². The van der Waals surface area contributed by atoms with Crippen LogP contribution in [0, 0.1) is 0 Å². The molecule has 0 heterocycles. The van der Waals surface area contributed by atoms with Crippen LogP contribution in [0.2, 0.25) is 5.02 Å². The first-order valence-electron chi connectivity index (χ1n) is 3.28. The van der Waals surface area contributed by atoms with E-state index in [2.05, 4.69) is 0 Å². The molecule has 0 aliphatic heterocycles. The van der Waals surface area contributed by atoms with Crippen LogP contribution in [0.1, 0.15) is 20.7 Å². The zero-order valence-corrected chi connectivity index (χ0v) is 8.32. The van der Waals surface area contributed by atoms with Crippen molar-refractivity contribution >= 4 is 23.5 Å². The van der Waals surface area contributed by atoms with Gasteiger partial charge < -0.3 is 10.2 Å². The Morgan fingerprint density at radius 3 is 2.00 bits per heavy atom. The number of carboxylic acids is 2. The average Bonchev–Trinajstić information content (AvgIpc) is 2.03. The molecule has 1 radical (unpaired) electrons. The van der Waals surface area contributed by atoms with Gasteiger partial charge in [-0.15, -0.1) is 0 Å². The number of hydrogen-bond donors (Lipinski definition) is 2. The molecule has 79 valence electrons. The van der Waals surface area contributed by atoms with Gasteiger partial charge in [-0.1, -0.05) is 11.6 Å². The van der Waals surface area contributed by atoms with Crippen LogP contribution in [-0.2, 0) is 17.1 Å². The number of hydrogen-bond acceptors (Lipinski definition) is 2. The van der Waals surface area contributed by atoms with E-state index in [9.17, 15) is 9.59 Å². The number of halogens is 1. The summed E-state index contributed by atoms with van der Waals surface area (Å²) in [5.41, 5.74) is -0.572. The summed E-state index contributed by atoms with van der Waals surface area (Å²) in [6.07, 6.45) is 0. The normalized spacial score (nSPS) is 8.93. The van der Waals surface area contributed by atoms with Gasteiger partial charge in [-0.2, -0.15) is 0 Å². The first kappa shape index (κ1) is 13.0. The molecule has 1 rings (SSSR count). The zero-order valence-electron chi connectivity index (χ0n) is 6.62. The Bertz CT molecular complexity index is 378. The molecular formula is C8H5ClCuO4. The van der Waals surface area contributed by atoms with E-state index >= 15 is 0 Å². The third-order valence-electron chi connectivity index (χ3n) is 1.44. The maximum absolute atomic E-state index is 10.6. The first-order valence-corrected chi connectivity index (χ1v) is 3.66. The Morgan fingerprint density at radius 2 is 1.57 bits per heavy atom. The van der Waals surface area contributed by atoms with Crippen molar-refractivity contribution in [2.75, 3.05) is 0 Å². The number of carboxylic acid groups (broad SMARTS) is 2. The van der Waals surface area contributed by atoms with Crippen molar-refractivity contribution in [1.29, 1.82) is 0 Å². The molecule has 0 aliphatic carbocycles. The monoisotopic (exact) mass is 263 g/mol. The molecule has 6 heteroatoms. The van der Waals surface area contributed by atoms with Crippen LogP contribution in [0.5, 0.6) is 0 Å². The maximum Gasteiger partial charge on any atom is 0.336 e. The van der Waals surface area contributed by atoms with Crippen LogP contribution in [0.4, 0.5) is 0 Å². The largest absolute Gasteiger partial charge is 0.478 e. The molecule has 0 aromatic heterocycles. The van der Waals surface area contributed by atoms with Crippen molar-refractivity contribution in [3.05, 3.63) is 34.3 Å². The molecule has 0 saturated carbocycles. The van der Waals surface area contributed by atoms with Crippen molar-refractivity contribution in [1.82, 2.24) is 0 Å². The zero-order chi connectivity index (χ0) is 10.0. The van der Waals surface area contributed by atoms with Gasteiger partial charge in [0.1, 0.15) is 0 Å². The smallest absolute Gasteiger partial charge is 0.336 e. The molecule has 0 bridgehead atoms. The van der Waals surface area contributed by atoms with Gasteiger partial charge >= 0.3 is 11.9 Å². The molecule has 0 unspecified atom stereocenters. The topological polar surface area (TPSA) is 74.6 Å². The van der Waals surface area contributed by atoms with Gasteiger partial charge in [0.15, 0.2) is 0 Å². The maximum atomic E-state index is 10.6. The Labute approximate surface area is 95.0 Å². The molecular weight excluding hydrogens is 259 g/mol. The third kappa shape index (κ3) is 2.73. The fraction of sp³-hybridized carbons (Fsp3) is 0. The average molecular weight is 264 g/mol. The van der Waals surface area contributed by atoms with Crippen molar-refractivity contribution in [3.63, 3.8) is 0 Å². The van der Waals surface area contributed by atoms with Gasteiger partial charge in [-0.3, -0.25) is 0 Å². The number of aromatic carboxylic acids is 2. The van der Waals surface area contributed by atoms with E-state index in [1.807, 2.05) is 0 Å². The van der Waals surface area contributed by atoms with Crippen molar-refractivity contribution in [3.8, 4) is 0 Å². The Hall–Kier alpha value is -1.03. The standard InChI is InChI=1S/C8H5ClO4.Cu/c9-4-1-2-5(7(10)11)6(3-4)8(12)13;/h1-3H,(H,10,11)(H,12,13);. The second kappa shape index (κ2) is 5.00. The Morgan fingerprint density at radius 1 is 1.07 bits per heavy atom. The van der Waals surface area contributed by atoms with Crippen molar-refractivity contribution in [2.24, 2.45) is 0 Å². The minimum Gasteiger partial charge on any atom is -0.478 e. The second-order valence-corrected chi connectivity index (χ2v) is 2.74. The third-order valence-corrected chi connectivity index (χ3v) is 1.68. The summed E-state index contributed by atoms with van der Waals surface area (Å²) < 4.78 is 0. The summed E-state index contributed by atoms with van der Waals surface area (Å²) >= 11 is 5.51. The van der Waals surface area contributed by atoms with E-state index in [1.165, 1.54) is 6.07 Å². The van der Waals surface area contributed by atoms with Gasteiger partial charge in [0.05, 0.1) is 11.1 Å². The molecule has 1 aromatic carbocycles. The molecule has 2 N–H and O–H groups in total. The Balaban J connectivity index is 0.00000169. The summed E-state index contributed by atoms with van der Waals surface area (Å²) in [7, 11) is 0. The molecule has 1 aromatic rings. The fourth-order valence-corrected chi connectivity index (χ4v) is 1.05. The predicted octanol–water partition coefficient (Wildman–Crippen LogP) is 1.73. The summed E-state index contributed by atoms with van der Waals surface area (Å²) in [6.45, 7) is 0. The van der Waals surface area contributed by atoms with Gasteiger partial charge in [-0.25, -0.2) is 9.59 Å². The van der Waals surface area contributed by atoms with Gasteiger partial charge in [0.25, 0.3) is 0 Å². The molecule has 4 nitrogen and oxygen atoms in total. The van der Waals surface area contributed by atoms with Crippen LogP contribution >= 0.6 is 11.6 Å². The minimum absolute atomic E-state index is 0. The number of rotatable bonds is 2. The Kier molecular flexibility index (Phi) is 4.63. The SMILES string of the molecule is O=C(O)c1ccc(Cl)cc1C(=O)O.[Cu]. The summed E-state index contributed by atoms with van der Waals surface area (Å²) in [6, 6.07) is 3.60. The van der Waals surface area contributed by atoms with Gasteiger partial charge in [0.2, 0.25) is 0 Å². The van der Waals surface area contributed by atoms with E-state index in [4.69, 9.17) is 21.8 Å². The van der Waals surface area contributed by atoms with Crippen LogP contribution in [0.25, 0.3) is 0 Å².